The summed E-state index contributed by atoms with van der Waals surface area (Å²) >= 11 is 0. The zero-order valence-corrected chi connectivity index (χ0v) is 27.5. The summed E-state index contributed by atoms with van der Waals surface area (Å²) in [7, 11) is 1.50. The molecule has 2 aliphatic rings. The first-order valence-electron chi connectivity index (χ1n) is 16.5. The Morgan fingerprint density at radius 1 is 1.04 bits per heavy atom. The van der Waals surface area contributed by atoms with E-state index in [-0.39, 0.29) is 30.2 Å². The number of hydrogen-bond acceptors (Lipinski definition) is 9. The number of hydrogen-bond donors (Lipinski definition) is 3. The maximum absolute atomic E-state index is 12.5. The number of carbonyl (C=O) groups excluding carboxylic acids is 2. The fraction of sp³-hybridized carbons (Fsp3) is 0.639. The van der Waals surface area contributed by atoms with E-state index in [0.717, 1.165) is 42.4 Å². The van der Waals surface area contributed by atoms with Crippen molar-refractivity contribution in [2.24, 2.45) is 35.5 Å². The van der Waals surface area contributed by atoms with Gasteiger partial charge in [-0.3, -0.25) is 9.59 Å². The number of rotatable bonds is 12. The van der Waals surface area contributed by atoms with Crippen LogP contribution in [0.3, 0.4) is 0 Å². The summed E-state index contributed by atoms with van der Waals surface area (Å²) in [5.74, 6) is 2.55. The third-order valence-corrected chi connectivity index (χ3v) is 10.1. The lowest BCUT2D eigenvalue weighted by molar-refractivity contribution is -0.157. The van der Waals surface area contributed by atoms with Crippen LogP contribution in [0.25, 0.3) is 11.1 Å². The van der Waals surface area contributed by atoms with Crippen LogP contribution in [0.15, 0.2) is 30.5 Å². The summed E-state index contributed by atoms with van der Waals surface area (Å²) < 4.78 is 17.3. The SMILES string of the molecule is COc1cc(CCC(CC(OC(C)=O)C2CC(CO)CC3CCC(C(C)C)C(C3)C2)OC(C)=O)c(-c2ccnc(N)c2)cc1O. The first kappa shape index (κ1) is 34.5. The van der Waals surface area contributed by atoms with E-state index in [4.69, 9.17) is 19.9 Å². The summed E-state index contributed by atoms with van der Waals surface area (Å²) in [6.07, 6.45) is 8.29. The lowest BCUT2D eigenvalue weighted by atomic mass is 9.62. The summed E-state index contributed by atoms with van der Waals surface area (Å²) in [5, 5.41) is 20.9. The number of carbonyl (C=O) groups is 2. The van der Waals surface area contributed by atoms with Crippen LogP contribution in [0.1, 0.15) is 84.6 Å². The summed E-state index contributed by atoms with van der Waals surface area (Å²) in [5.41, 5.74) is 8.43. The number of aromatic nitrogens is 1. The second-order valence-electron chi connectivity index (χ2n) is 13.7. The third kappa shape index (κ3) is 9.35. The van der Waals surface area contributed by atoms with Crippen molar-refractivity contribution in [2.75, 3.05) is 19.5 Å². The smallest absolute Gasteiger partial charge is 0.302 e. The standard InChI is InChI=1S/C36H52N2O7/c1-21(2)31-9-6-24-12-25(20-39)14-29(15-28(31)13-24)34(45-23(4)41)18-30(44-22(3)40)8-7-26-16-35(43-5)33(42)19-32(26)27-10-11-38-36(37)17-27/h10-11,16-17,19,21,24-25,28-31,34,39,42H,6-9,12-15,18,20H2,1-5H3,(H2,37,38). The lowest BCUT2D eigenvalue weighted by Crippen LogP contribution is -2.40. The average Bonchev–Trinajstić information content (AvgIpc) is 2.97. The molecule has 0 amide bonds. The Bertz CT molecular complexity index is 1300. The van der Waals surface area contributed by atoms with Crippen molar-refractivity contribution < 1.29 is 34.0 Å². The molecule has 7 unspecified atom stereocenters. The number of ether oxygens (including phenoxy) is 3. The monoisotopic (exact) mass is 624 g/mol. The number of fused-ring (bicyclic) bond motifs is 2. The lowest BCUT2D eigenvalue weighted by Gasteiger charge is -2.45. The number of phenols is 1. The molecule has 4 rings (SSSR count). The van der Waals surface area contributed by atoms with Crippen LogP contribution in [0, 0.1) is 35.5 Å². The predicted octanol–water partition coefficient (Wildman–Crippen LogP) is 6.33. The topological polar surface area (TPSA) is 141 Å². The molecule has 2 fully saturated rings. The minimum absolute atomic E-state index is 0.00506. The van der Waals surface area contributed by atoms with E-state index in [1.54, 1.807) is 24.4 Å². The van der Waals surface area contributed by atoms with Crippen molar-refractivity contribution in [1.82, 2.24) is 4.98 Å². The van der Waals surface area contributed by atoms with Crippen molar-refractivity contribution >= 4 is 17.8 Å². The van der Waals surface area contributed by atoms with E-state index in [2.05, 4.69) is 18.8 Å². The molecule has 45 heavy (non-hydrogen) atoms. The van der Waals surface area contributed by atoms with Gasteiger partial charge in [0.1, 0.15) is 18.0 Å². The van der Waals surface area contributed by atoms with Crippen LogP contribution in [-0.4, -0.2) is 53.1 Å². The fourth-order valence-electron chi connectivity index (χ4n) is 8.13. The highest BCUT2D eigenvalue weighted by Gasteiger charge is 2.40. The normalized spacial score (nSPS) is 24.6. The van der Waals surface area contributed by atoms with Crippen molar-refractivity contribution in [1.29, 1.82) is 0 Å². The number of nitrogens with two attached hydrogens (primary N) is 1. The highest BCUT2D eigenvalue weighted by Crippen LogP contribution is 2.47. The zero-order chi connectivity index (χ0) is 32.7. The number of aliphatic hydroxyl groups excluding tert-OH is 1. The van der Waals surface area contributed by atoms with Gasteiger partial charge in [-0.25, -0.2) is 4.98 Å². The Kier molecular flexibility index (Phi) is 12.1. The number of nitrogen functional groups attached to an aromatic ring is 1. The second kappa shape index (κ2) is 15.8. The van der Waals surface area contributed by atoms with E-state index in [9.17, 15) is 19.8 Å². The van der Waals surface area contributed by atoms with Crippen LogP contribution in [0.4, 0.5) is 5.82 Å². The van der Waals surface area contributed by atoms with Gasteiger partial charge in [0.25, 0.3) is 0 Å². The number of phenolic OH excluding ortho intramolecular Hbond substituents is 1. The van der Waals surface area contributed by atoms with Gasteiger partial charge in [0, 0.05) is 33.1 Å². The number of pyridine rings is 1. The van der Waals surface area contributed by atoms with E-state index in [0.29, 0.717) is 54.5 Å². The largest absolute Gasteiger partial charge is 0.504 e. The van der Waals surface area contributed by atoms with Gasteiger partial charge in [-0.1, -0.05) is 20.3 Å². The molecule has 1 aromatic carbocycles. The quantitative estimate of drug-likeness (QED) is 0.231. The molecule has 1 heterocycles. The molecule has 9 heteroatoms. The molecule has 0 radical (unpaired) electrons. The van der Waals surface area contributed by atoms with Crippen molar-refractivity contribution in [3.8, 4) is 22.6 Å². The van der Waals surface area contributed by atoms with Gasteiger partial charge in [0.05, 0.1) is 7.11 Å². The first-order valence-corrected chi connectivity index (χ1v) is 16.5. The predicted molar refractivity (Wildman–Crippen MR) is 173 cm³/mol. The molecular weight excluding hydrogens is 572 g/mol. The number of methoxy groups -OCH3 is 1. The molecule has 0 saturated heterocycles. The molecular formula is C36H52N2O7. The number of benzene rings is 1. The number of aryl methyl sites for hydroxylation is 1. The fourth-order valence-corrected chi connectivity index (χ4v) is 8.13. The van der Waals surface area contributed by atoms with Crippen molar-refractivity contribution in [3.63, 3.8) is 0 Å². The van der Waals surface area contributed by atoms with Crippen molar-refractivity contribution in [3.05, 3.63) is 36.0 Å². The Balaban J connectivity index is 1.61. The minimum atomic E-state index is -0.514. The molecule has 0 aliphatic heterocycles. The number of aliphatic hydroxyl groups is 1. The summed E-state index contributed by atoms with van der Waals surface area (Å²) in [6, 6.07) is 7.02. The highest BCUT2D eigenvalue weighted by molar-refractivity contribution is 5.72. The Morgan fingerprint density at radius 2 is 1.80 bits per heavy atom. The van der Waals surface area contributed by atoms with E-state index >= 15 is 0 Å². The van der Waals surface area contributed by atoms with E-state index in [1.807, 2.05) is 6.07 Å². The Labute approximate surface area is 267 Å². The van der Waals surface area contributed by atoms with Crippen LogP contribution in [-0.2, 0) is 25.5 Å². The van der Waals surface area contributed by atoms with Gasteiger partial charge >= 0.3 is 11.9 Å². The Morgan fingerprint density at radius 3 is 2.44 bits per heavy atom. The molecule has 9 nitrogen and oxygen atoms in total. The van der Waals surface area contributed by atoms with Gasteiger partial charge < -0.3 is 30.2 Å². The van der Waals surface area contributed by atoms with Crippen LogP contribution < -0.4 is 10.5 Å². The molecule has 0 spiro atoms. The Hall–Kier alpha value is -3.33. The zero-order valence-electron chi connectivity index (χ0n) is 27.5. The molecule has 7 atom stereocenters. The van der Waals surface area contributed by atoms with Crippen LogP contribution >= 0.6 is 0 Å². The molecule has 2 aromatic rings. The van der Waals surface area contributed by atoms with E-state index < -0.39 is 18.2 Å². The summed E-state index contributed by atoms with van der Waals surface area (Å²) in [6.45, 7) is 7.57. The van der Waals surface area contributed by atoms with Gasteiger partial charge in [-0.05, 0) is 121 Å². The summed E-state index contributed by atoms with van der Waals surface area (Å²) in [4.78, 5) is 28.9. The third-order valence-electron chi connectivity index (χ3n) is 10.1. The number of nitrogens with zero attached hydrogens (tertiary/aromatic N) is 1. The number of esters is 2. The average molecular weight is 625 g/mol. The number of aromatic hydroxyl groups is 1. The molecule has 2 bridgehead atoms. The first-order chi connectivity index (χ1) is 21.5. The van der Waals surface area contributed by atoms with Gasteiger partial charge in [-0.2, -0.15) is 0 Å². The van der Waals surface area contributed by atoms with Crippen molar-refractivity contribution in [2.45, 2.75) is 97.7 Å². The molecule has 4 N–H and O–H groups in total. The molecule has 2 aliphatic carbocycles. The highest BCUT2D eigenvalue weighted by atomic mass is 16.6. The van der Waals surface area contributed by atoms with Gasteiger partial charge in [0.2, 0.25) is 0 Å². The maximum Gasteiger partial charge on any atom is 0.302 e. The van der Waals surface area contributed by atoms with E-state index in [1.165, 1.54) is 33.8 Å². The molecule has 1 aromatic heterocycles. The molecule has 248 valence electrons. The van der Waals surface area contributed by atoms with Gasteiger partial charge in [-0.15, -0.1) is 0 Å². The molecule has 2 saturated carbocycles. The number of anilines is 1. The van der Waals surface area contributed by atoms with Crippen LogP contribution in [0.5, 0.6) is 11.5 Å². The minimum Gasteiger partial charge on any atom is -0.504 e. The van der Waals surface area contributed by atoms with Gasteiger partial charge in [0.15, 0.2) is 11.5 Å². The van der Waals surface area contributed by atoms with Crippen LogP contribution in [0.2, 0.25) is 0 Å². The second-order valence-corrected chi connectivity index (χ2v) is 13.7. The maximum atomic E-state index is 12.5.